The summed E-state index contributed by atoms with van der Waals surface area (Å²) in [5.41, 5.74) is 5.70. The van der Waals surface area contributed by atoms with Crippen molar-refractivity contribution in [3.8, 4) is 0 Å². The second-order valence-corrected chi connectivity index (χ2v) is 4.19. The van der Waals surface area contributed by atoms with Crippen LogP contribution in [0.5, 0.6) is 0 Å². The van der Waals surface area contributed by atoms with Gasteiger partial charge >= 0.3 is 0 Å². The predicted molar refractivity (Wildman–Crippen MR) is 61.6 cm³/mol. The largest absolute Gasteiger partial charge is 0.383 e. The molecular weight excluding hydrogens is 296 g/mol. The van der Waals surface area contributed by atoms with Crippen LogP contribution in [-0.4, -0.2) is 4.98 Å². The van der Waals surface area contributed by atoms with Crippen LogP contribution >= 0.6 is 31.9 Å². The van der Waals surface area contributed by atoms with E-state index in [9.17, 15) is 0 Å². The van der Waals surface area contributed by atoms with E-state index in [1.807, 2.05) is 24.3 Å². The predicted octanol–water partition coefficient (Wildman–Crippen LogP) is 3.34. The smallest absolute Gasteiger partial charge is 0.139 e. The lowest BCUT2D eigenvalue weighted by molar-refractivity contribution is 1.31. The average molecular weight is 302 g/mol. The zero-order valence-electron chi connectivity index (χ0n) is 6.59. The molecule has 2 nitrogen and oxygen atoms in total. The molecule has 0 unspecified atom stereocenters. The zero-order valence-corrected chi connectivity index (χ0v) is 9.76. The summed E-state index contributed by atoms with van der Waals surface area (Å²) in [7, 11) is 0. The minimum Gasteiger partial charge on any atom is -0.383 e. The number of nitrogens with two attached hydrogens (primary N) is 1. The molecule has 0 aliphatic rings. The molecule has 0 bridgehead atoms. The number of halogens is 2. The third kappa shape index (κ3) is 1.44. The quantitative estimate of drug-likeness (QED) is 0.758. The summed E-state index contributed by atoms with van der Waals surface area (Å²) in [6.07, 6.45) is 0. The van der Waals surface area contributed by atoms with Crippen molar-refractivity contribution >= 4 is 48.5 Å². The zero-order chi connectivity index (χ0) is 9.42. The molecule has 1 aromatic heterocycles. The molecule has 4 heteroatoms. The van der Waals surface area contributed by atoms with Gasteiger partial charge in [-0.05, 0) is 31.9 Å². The molecule has 0 amide bonds. The maximum Gasteiger partial charge on any atom is 0.139 e. The molecule has 0 saturated carbocycles. The Labute approximate surface area is 92.4 Å². The van der Waals surface area contributed by atoms with Crippen molar-refractivity contribution < 1.29 is 0 Å². The Morgan fingerprint density at radius 1 is 1.08 bits per heavy atom. The number of fused-ring (bicyclic) bond motifs is 1. The van der Waals surface area contributed by atoms with Crippen LogP contribution in [0.15, 0.2) is 33.3 Å². The second-order valence-electron chi connectivity index (χ2n) is 2.65. The lowest BCUT2D eigenvalue weighted by Gasteiger charge is -2.04. The molecule has 0 atom stereocenters. The van der Waals surface area contributed by atoms with Gasteiger partial charge in [-0.2, -0.15) is 0 Å². The van der Waals surface area contributed by atoms with E-state index >= 15 is 0 Å². The number of nitrogen functional groups attached to an aromatic ring is 1. The topological polar surface area (TPSA) is 38.9 Å². The number of pyridine rings is 1. The van der Waals surface area contributed by atoms with Crippen LogP contribution in [0.1, 0.15) is 0 Å². The molecule has 66 valence electrons. The summed E-state index contributed by atoms with van der Waals surface area (Å²) in [5.74, 6) is 0.505. The summed E-state index contributed by atoms with van der Waals surface area (Å²) in [6.45, 7) is 0. The molecule has 0 aliphatic heterocycles. The molecule has 2 aromatic rings. The number of aromatic nitrogens is 1. The van der Waals surface area contributed by atoms with Crippen LogP contribution in [0.4, 0.5) is 5.82 Å². The maximum absolute atomic E-state index is 5.70. The van der Waals surface area contributed by atoms with E-state index in [4.69, 9.17) is 5.73 Å². The van der Waals surface area contributed by atoms with Crippen LogP contribution < -0.4 is 5.73 Å². The van der Waals surface area contributed by atoms with Gasteiger partial charge in [0.25, 0.3) is 0 Å². The Morgan fingerprint density at radius 2 is 1.69 bits per heavy atom. The standard InChI is InChI=1S/C9H6Br2N2/c10-7-5-3-1-2-4-6(5)8(11)13-9(7)12/h1-4H,(H2,12,13). The Morgan fingerprint density at radius 3 is 2.38 bits per heavy atom. The summed E-state index contributed by atoms with van der Waals surface area (Å²) in [5, 5.41) is 2.13. The van der Waals surface area contributed by atoms with Crippen LogP contribution in [-0.2, 0) is 0 Å². The van der Waals surface area contributed by atoms with E-state index in [0.717, 1.165) is 19.8 Å². The van der Waals surface area contributed by atoms with Crippen molar-refractivity contribution in [3.63, 3.8) is 0 Å². The first-order valence-corrected chi connectivity index (χ1v) is 5.28. The maximum atomic E-state index is 5.70. The molecule has 13 heavy (non-hydrogen) atoms. The highest BCUT2D eigenvalue weighted by molar-refractivity contribution is 9.11. The highest BCUT2D eigenvalue weighted by Crippen LogP contribution is 2.31. The van der Waals surface area contributed by atoms with E-state index < -0.39 is 0 Å². The SMILES string of the molecule is Nc1nc(Br)c2ccccc2c1Br. The number of hydrogen-bond acceptors (Lipinski definition) is 2. The Balaban J connectivity index is 2.97. The van der Waals surface area contributed by atoms with Gasteiger partial charge in [0.1, 0.15) is 10.4 Å². The summed E-state index contributed by atoms with van der Waals surface area (Å²) in [6, 6.07) is 7.94. The second kappa shape index (κ2) is 3.27. The van der Waals surface area contributed by atoms with Crippen LogP contribution in [0.3, 0.4) is 0 Å². The van der Waals surface area contributed by atoms with Gasteiger partial charge in [0.05, 0.1) is 4.47 Å². The van der Waals surface area contributed by atoms with Gasteiger partial charge in [-0.3, -0.25) is 0 Å². The van der Waals surface area contributed by atoms with Gasteiger partial charge in [-0.25, -0.2) is 4.98 Å². The van der Waals surface area contributed by atoms with Crippen molar-refractivity contribution in [1.82, 2.24) is 4.98 Å². The number of anilines is 1. The van der Waals surface area contributed by atoms with Gasteiger partial charge in [0.15, 0.2) is 0 Å². The molecule has 0 radical (unpaired) electrons. The van der Waals surface area contributed by atoms with Gasteiger partial charge < -0.3 is 5.73 Å². The van der Waals surface area contributed by atoms with Gasteiger partial charge in [0, 0.05) is 10.8 Å². The summed E-state index contributed by atoms with van der Waals surface area (Å²) < 4.78 is 1.63. The summed E-state index contributed by atoms with van der Waals surface area (Å²) >= 11 is 6.78. The van der Waals surface area contributed by atoms with Crippen molar-refractivity contribution in [2.45, 2.75) is 0 Å². The van der Waals surface area contributed by atoms with Gasteiger partial charge in [0.2, 0.25) is 0 Å². The lowest BCUT2D eigenvalue weighted by atomic mass is 10.2. The summed E-state index contributed by atoms with van der Waals surface area (Å²) in [4.78, 5) is 4.15. The molecule has 1 heterocycles. The minimum atomic E-state index is 0.505. The van der Waals surface area contributed by atoms with E-state index in [1.165, 1.54) is 0 Å². The third-order valence-electron chi connectivity index (χ3n) is 1.83. The fourth-order valence-electron chi connectivity index (χ4n) is 1.21. The van der Waals surface area contributed by atoms with Crippen LogP contribution in [0, 0.1) is 0 Å². The van der Waals surface area contributed by atoms with Crippen molar-refractivity contribution in [1.29, 1.82) is 0 Å². The highest BCUT2D eigenvalue weighted by atomic mass is 79.9. The number of rotatable bonds is 0. The first kappa shape index (κ1) is 8.97. The number of hydrogen-bond donors (Lipinski definition) is 1. The first-order chi connectivity index (χ1) is 6.20. The molecular formula is C9H6Br2N2. The first-order valence-electron chi connectivity index (χ1n) is 3.69. The van der Waals surface area contributed by atoms with E-state index in [1.54, 1.807) is 0 Å². The average Bonchev–Trinajstić information content (AvgIpc) is 2.15. The fourth-order valence-corrected chi connectivity index (χ4v) is 2.18. The Bertz CT molecular complexity index is 468. The molecule has 2 N–H and O–H groups in total. The monoisotopic (exact) mass is 300 g/mol. The van der Waals surface area contributed by atoms with E-state index in [2.05, 4.69) is 36.8 Å². The Kier molecular flexibility index (Phi) is 2.26. The number of benzene rings is 1. The molecule has 0 spiro atoms. The van der Waals surface area contributed by atoms with Crippen LogP contribution in [0.2, 0.25) is 0 Å². The van der Waals surface area contributed by atoms with Crippen molar-refractivity contribution in [2.75, 3.05) is 5.73 Å². The molecule has 2 rings (SSSR count). The normalized spacial score (nSPS) is 10.6. The van der Waals surface area contributed by atoms with Crippen LogP contribution in [0.25, 0.3) is 10.8 Å². The third-order valence-corrected chi connectivity index (χ3v) is 3.27. The number of nitrogens with zero attached hydrogens (tertiary/aromatic N) is 1. The molecule has 0 saturated heterocycles. The lowest BCUT2D eigenvalue weighted by Crippen LogP contribution is -1.93. The molecule has 0 aliphatic carbocycles. The minimum absolute atomic E-state index is 0.505. The van der Waals surface area contributed by atoms with E-state index in [-0.39, 0.29) is 0 Å². The van der Waals surface area contributed by atoms with Crippen molar-refractivity contribution in [2.24, 2.45) is 0 Å². The fraction of sp³-hybridized carbons (Fsp3) is 0. The molecule has 1 aromatic carbocycles. The Hall–Kier alpha value is -0.610. The molecule has 0 fully saturated rings. The van der Waals surface area contributed by atoms with E-state index in [0.29, 0.717) is 5.82 Å². The van der Waals surface area contributed by atoms with Gasteiger partial charge in [-0.1, -0.05) is 24.3 Å². The van der Waals surface area contributed by atoms with Gasteiger partial charge in [-0.15, -0.1) is 0 Å². The van der Waals surface area contributed by atoms with Crippen molar-refractivity contribution in [3.05, 3.63) is 33.3 Å². The highest BCUT2D eigenvalue weighted by Gasteiger charge is 2.06.